The average Bonchev–Trinajstić information content (AvgIpc) is 2.68. The molecule has 31 heavy (non-hydrogen) atoms. The van der Waals surface area contributed by atoms with Gasteiger partial charge in [-0.15, -0.1) is 0 Å². The zero-order chi connectivity index (χ0) is 23.3. The summed E-state index contributed by atoms with van der Waals surface area (Å²) in [5, 5.41) is 4.19. The van der Waals surface area contributed by atoms with Gasteiger partial charge in [0.1, 0.15) is 0 Å². The number of rotatable bonds is 3. The topological polar surface area (TPSA) is 60.2 Å². The molecule has 0 radical (unpaired) electrons. The van der Waals surface area contributed by atoms with Crippen molar-refractivity contribution in [1.82, 2.24) is 0 Å². The normalized spacial score (nSPS) is 12.3. The number of alkyl halides is 3. The number of hydrogen-bond donors (Lipinski definition) is 1. The van der Waals surface area contributed by atoms with Gasteiger partial charge in [0.15, 0.2) is 23.3 Å². The SMILES string of the molecule is NS(=O)(=O)c1ccc(-c2c(F)c(F)c(F)c(F)c2-c2ccc(Cl)c(C(F)(F)F)c2)cc1. The summed E-state index contributed by atoms with van der Waals surface area (Å²) in [6, 6.07) is 5.57. The molecule has 0 aliphatic rings. The highest BCUT2D eigenvalue weighted by Crippen LogP contribution is 2.42. The number of sulfonamides is 1. The highest BCUT2D eigenvalue weighted by atomic mass is 35.5. The van der Waals surface area contributed by atoms with E-state index in [-0.39, 0.29) is 5.56 Å². The second-order valence-electron chi connectivity index (χ2n) is 6.27. The van der Waals surface area contributed by atoms with Gasteiger partial charge in [-0.1, -0.05) is 29.8 Å². The molecule has 12 heteroatoms. The maximum atomic E-state index is 14.7. The molecule has 0 unspecified atom stereocenters. The molecular formula is C19H9ClF7NO2S. The van der Waals surface area contributed by atoms with Crippen molar-refractivity contribution in [2.45, 2.75) is 11.1 Å². The van der Waals surface area contributed by atoms with Crippen molar-refractivity contribution in [2.24, 2.45) is 5.14 Å². The Morgan fingerprint density at radius 1 is 0.742 bits per heavy atom. The fourth-order valence-corrected chi connectivity index (χ4v) is 3.62. The van der Waals surface area contributed by atoms with E-state index in [1.165, 1.54) is 0 Å². The summed E-state index contributed by atoms with van der Waals surface area (Å²) in [4.78, 5) is -0.424. The highest BCUT2D eigenvalue weighted by Gasteiger charge is 2.35. The molecule has 0 heterocycles. The molecule has 0 saturated heterocycles. The van der Waals surface area contributed by atoms with Crippen LogP contribution in [0.2, 0.25) is 5.02 Å². The fourth-order valence-electron chi connectivity index (χ4n) is 2.88. The third-order valence-electron chi connectivity index (χ3n) is 4.30. The standard InChI is InChI=1S/C19H9ClF7NO2S/c20-12-6-3-9(7-11(12)19(25,26)27)14-13(15(21)17(23)18(24)16(14)22)8-1-4-10(5-2-8)31(28,29)30/h1-7H,(H2,28,29,30). The van der Waals surface area contributed by atoms with E-state index in [0.717, 1.165) is 36.4 Å². The van der Waals surface area contributed by atoms with Gasteiger partial charge in [0.05, 0.1) is 15.5 Å². The molecule has 0 amide bonds. The fraction of sp³-hybridized carbons (Fsp3) is 0.0526. The summed E-state index contributed by atoms with van der Waals surface area (Å²) >= 11 is 5.52. The molecule has 0 aliphatic carbocycles. The lowest BCUT2D eigenvalue weighted by atomic mass is 9.92. The molecule has 0 spiro atoms. The molecule has 0 atom stereocenters. The van der Waals surface area contributed by atoms with Gasteiger partial charge in [-0.25, -0.2) is 31.1 Å². The molecule has 0 aromatic heterocycles. The van der Waals surface area contributed by atoms with E-state index >= 15 is 0 Å². The number of primary sulfonamides is 1. The first-order valence-corrected chi connectivity index (χ1v) is 10.0. The third-order valence-corrected chi connectivity index (χ3v) is 5.56. The van der Waals surface area contributed by atoms with Gasteiger partial charge >= 0.3 is 6.18 Å². The van der Waals surface area contributed by atoms with Crippen LogP contribution >= 0.6 is 11.6 Å². The molecular weight excluding hydrogens is 475 g/mol. The summed E-state index contributed by atoms with van der Waals surface area (Å²) in [6.07, 6.45) is -4.97. The van der Waals surface area contributed by atoms with Gasteiger partial charge in [-0.05, 0) is 35.4 Å². The number of benzene rings is 3. The van der Waals surface area contributed by atoms with E-state index in [4.69, 9.17) is 16.7 Å². The summed E-state index contributed by atoms with van der Waals surface area (Å²) in [5.74, 6) is -8.27. The van der Waals surface area contributed by atoms with Crippen molar-refractivity contribution in [3.8, 4) is 22.3 Å². The van der Waals surface area contributed by atoms with Crippen LogP contribution in [0.1, 0.15) is 5.56 Å². The first-order valence-electron chi connectivity index (χ1n) is 8.09. The smallest absolute Gasteiger partial charge is 0.225 e. The molecule has 0 saturated carbocycles. The van der Waals surface area contributed by atoms with E-state index in [1.807, 2.05) is 0 Å². The molecule has 3 nitrogen and oxygen atoms in total. The number of nitrogens with two attached hydrogens (primary N) is 1. The molecule has 3 aromatic rings. The van der Waals surface area contributed by atoms with Crippen LogP contribution in [0.4, 0.5) is 30.7 Å². The van der Waals surface area contributed by atoms with Crippen molar-refractivity contribution in [3.63, 3.8) is 0 Å². The van der Waals surface area contributed by atoms with Crippen LogP contribution < -0.4 is 5.14 Å². The van der Waals surface area contributed by atoms with E-state index in [1.54, 1.807) is 0 Å². The second-order valence-corrected chi connectivity index (χ2v) is 8.24. The maximum Gasteiger partial charge on any atom is 0.417 e. The molecule has 0 fully saturated rings. The van der Waals surface area contributed by atoms with Crippen LogP contribution in [0.25, 0.3) is 22.3 Å². The first-order chi connectivity index (χ1) is 14.2. The monoisotopic (exact) mass is 483 g/mol. The van der Waals surface area contributed by atoms with Crippen LogP contribution in [-0.4, -0.2) is 8.42 Å². The highest BCUT2D eigenvalue weighted by molar-refractivity contribution is 7.89. The van der Waals surface area contributed by atoms with Crippen LogP contribution in [-0.2, 0) is 16.2 Å². The van der Waals surface area contributed by atoms with Gasteiger partial charge in [-0.2, -0.15) is 13.2 Å². The van der Waals surface area contributed by atoms with Gasteiger partial charge in [0, 0.05) is 11.1 Å². The van der Waals surface area contributed by atoms with Gasteiger partial charge in [0.25, 0.3) is 0 Å². The van der Waals surface area contributed by atoms with Gasteiger partial charge < -0.3 is 0 Å². The Labute approximate surface area is 175 Å². The van der Waals surface area contributed by atoms with E-state index in [2.05, 4.69) is 0 Å². The summed E-state index contributed by atoms with van der Waals surface area (Å²) in [5.41, 5.74) is -4.33. The lowest BCUT2D eigenvalue weighted by Crippen LogP contribution is -2.12. The molecule has 0 aliphatic heterocycles. The zero-order valence-corrected chi connectivity index (χ0v) is 16.4. The minimum Gasteiger partial charge on any atom is -0.225 e. The van der Waals surface area contributed by atoms with E-state index < -0.39 is 71.6 Å². The minimum absolute atomic E-state index is 0.346. The van der Waals surface area contributed by atoms with Gasteiger partial charge in [-0.3, -0.25) is 0 Å². The Bertz CT molecular complexity index is 1290. The molecule has 3 rings (SSSR count). The Hall–Kier alpha value is -2.63. The molecule has 3 aromatic carbocycles. The zero-order valence-electron chi connectivity index (χ0n) is 14.9. The summed E-state index contributed by atoms with van der Waals surface area (Å²) in [7, 11) is -4.17. The predicted octanol–water partition coefficient (Wildman–Crippen LogP) is 5.90. The van der Waals surface area contributed by atoms with Gasteiger partial charge in [0.2, 0.25) is 10.0 Å². The predicted molar refractivity (Wildman–Crippen MR) is 98.5 cm³/mol. The summed E-state index contributed by atoms with van der Waals surface area (Å²) in [6.45, 7) is 0. The first kappa shape index (κ1) is 23.0. The Morgan fingerprint density at radius 2 is 1.19 bits per heavy atom. The number of hydrogen-bond acceptors (Lipinski definition) is 2. The van der Waals surface area contributed by atoms with Crippen LogP contribution in [0, 0.1) is 23.3 Å². The van der Waals surface area contributed by atoms with Crippen LogP contribution in [0.3, 0.4) is 0 Å². The van der Waals surface area contributed by atoms with Crippen molar-refractivity contribution < 1.29 is 39.2 Å². The van der Waals surface area contributed by atoms with Crippen molar-refractivity contribution in [1.29, 1.82) is 0 Å². The van der Waals surface area contributed by atoms with E-state index in [0.29, 0.717) is 6.07 Å². The largest absolute Gasteiger partial charge is 0.417 e. The second kappa shape index (κ2) is 7.81. The van der Waals surface area contributed by atoms with E-state index in [9.17, 15) is 39.2 Å². The molecule has 0 bridgehead atoms. The maximum absolute atomic E-state index is 14.7. The Balaban J connectivity index is 2.37. The molecule has 164 valence electrons. The minimum atomic E-state index is -4.97. The van der Waals surface area contributed by atoms with Crippen LogP contribution in [0.5, 0.6) is 0 Å². The Kier molecular flexibility index (Phi) is 5.80. The van der Waals surface area contributed by atoms with Crippen molar-refractivity contribution in [3.05, 3.63) is 76.3 Å². The van der Waals surface area contributed by atoms with Crippen molar-refractivity contribution in [2.75, 3.05) is 0 Å². The Morgan fingerprint density at radius 3 is 1.65 bits per heavy atom. The lowest BCUT2D eigenvalue weighted by Gasteiger charge is -2.16. The third kappa shape index (κ3) is 4.25. The van der Waals surface area contributed by atoms with Crippen LogP contribution in [0.15, 0.2) is 47.4 Å². The lowest BCUT2D eigenvalue weighted by molar-refractivity contribution is -0.137. The molecule has 2 N–H and O–H groups in total. The van der Waals surface area contributed by atoms with Crippen molar-refractivity contribution >= 4 is 21.6 Å². The average molecular weight is 484 g/mol. The number of halogens is 8. The quantitative estimate of drug-likeness (QED) is 0.286. The summed E-state index contributed by atoms with van der Waals surface area (Å²) < 4.78 is 119.